The summed E-state index contributed by atoms with van der Waals surface area (Å²) in [5, 5.41) is 0. The molecule has 2 aromatic rings. The van der Waals surface area contributed by atoms with Crippen LogP contribution in [0, 0.1) is 5.82 Å². The van der Waals surface area contributed by atoms with Gasteiger partial charge in [0.1, 0.15) is 19.0 Å². The first-order valence-corrected chi connectivity index (χ1v) is 8.13. The van der Waals surface area contributed by atoms with Gasteiger partial charge in [-0.05, 0) is 27.6 Å². The minimum Gasteiger partial charge on any atom is -0.461 e. The molecule has 0 unspecified atom stereocenters. The highest BCUT2D eigenvalue weighted by atomic mass is 79.9. The van der Waals surface area contributed by atoms with Gasteiger partial charge in [-0.1, -0.05) is 42.5 Å². The molecule has 0 spiro atoms. The molecule has 0 N–H and O–H groups in total. The summed E-state index contributed by atoms with van der Waals surface area (Å²) < 4.78 is 24.1. The van der Waals surface area contributed by atoms with Gasteiger partial charge in [0.2, 0.25) is 0 Å². The summed E-state index contributed by atoms with van der Waals surface area (Å²) in [5.41, 5.74) is 1.14. The minimum atomic E-state index is -0.578. The van der Waals surface area contributed by atoms with Crippen LogP contribution in [0.3, 0.4) is 0 Å². The lowest BCUT2D eigenvalue weighted by Gasteiger charge is -2.07. The Balaban J connectivity index is 1.69. The van der Waals surface area contributed by atoms with E-state index in [9.17, 15) is 14.0 Å². The predicted octanol–water partition coefficient (Wildman–Crippen LogP) is 4.16. The van der Waals surface area contributed by atoms with Crippen LogP contribution in [0.4, 0.5) is 4.39 Å². The van der Waals surface area contributed by atoms with Gasteiger partial charge in [0.25, 0.3) is 0 Å². The first-order valence-electron chi connectivity index (χ1n) is 7.34. The molecule has 4 nitrogen and oxygen atoms in total. The number of carbonyl (C=O) groups is 2. The van der Waals surface area contributed by atoms with Crippen molar-refractivity contribution in [2.45, 2.75) is 26.1 Å². The van der Waals surface area contributed by atoms with Crippen LogP contribution < -0.4 is 0 Å². The lowest BCUT2D eigenvalue weighted by Crippen LogP contribution is -2.10. The summed E-state index contributed by atoms with van der Waals surface area (Å²) in [6.07, 6.45) is -0.185. The van der Waals surface area contributed by atoms with E-state index in [2.05, 4.69) is 15.9 Å². The maximum atomic E-state index is 13.7. The largest absolute Gasteiger partial charge is 0.461 e. The maximum absolute atomic E-state index is 13.7. The molecule has 126 valence electrons. The Bertz CT molecular complexity index is 703. The van der Waals surface area contributed by atoms with E-state index in [1.807, 2.05) is 30.3 Å². The molecule has 0 saturated heterocycles. The van der Waals surface area contributed by atoms with E-state index in [1.54, 1.807) is 12.1 Å². The fourth-order valence-electron chi connectivity index (χ4n) is 1.90. The fraction of sp³-hybridized carbons (Fsp3) is 0.222. The number of benzene rings is 2. The molecule has 0 fully saturated rings. The average Bonchev–Trinajstić information content (AvgIpc) is 2.60. The monoisotopic (exact) mass is 394 g/mol. The molecular formula is C18H16BrFO4. The summed E-state index contributed by atoms with van der Waals surface area (Å²) >= 11 is 3.06. The molecule has 0 atom stereocenters. The van der Waals surface area contributed by atoms with E-state index in [0.29, 0.717) is 4.47 Å². The first-order chi connectivity index (χ1) is 11.6. The van der Waals surface area contributed by atoms with Gasteiger partial charge in [-0.2, -0.15) is 0 Å². The summed E-state index contributed by atoms with van der Waals surface area (Å²) in [4.78, 5) is 23.2. The van der Waals surface area contributed by atoms with Crippen molar-refractivity contribution in [3.05, 3.63) is 69.9 Å². The lowest BCUT2D eigenvalue weighted by molar-refractivity contribution is -0.151. The van der Waals surface area contributed by atoms with Crippen LogP contribution in [0.15, 0.2) is 53.0 Å². The second-order valence-electron chi connectivity index (χ2n) is 5.02. The molecule has 0 bridgehead atoms. The van der Waals surface area contributed by atoms with E-state index in [-0.39, 0.29) is 31.6 Å². The van der Waals surface area contributed by atoms with Crippen molar-refractivity contribution in [2.75, 3.05) is 0 Å². The van der Waals surface area contributed by atoms with Gasteiger partial charge in [-0.15, -0.1) is 0 Å². The van der Waals surface area contributed by atoms with Crippen molar-refractivity contribution in [1.29, 1.82) is 0 Å². The molecular weight excluding hydrogens is 379 g/mol. The second kappa shape index (κ2) is 9.17. The molecule has 0 heterocycles. The lowest BCUT2D eigenvalue weighted by atomic mass is 10.2. The third-order valence-electron chi connectivity index (χ3n) is 3.20. The summed E-state index contributed by atoms with van der Waals surface area (Å²) in [6, 6.07) is 14.0. The van der Waals surface area contributed by atoms with E-state index >= 15 is 0 Å². The minimum absolute atomic E-state index is 0.0768. The molecule has 2 aromatic carbocycles. The van der Waals surface area contributed by atoms with Crippen molar-refractivity contribution < 1.29 is 23.5 Å². The van der Waals surface area contributed by atoms with Gasteiger partial charge in [0.05, 0.1) is 17.3 Å². The Morgan fingerprint density at radius 3 is 2.17 bits per heavy atom. The maximum Gasteiger partial charge on any atom is 0.306 e. The van der Waals surface area contributed by atoms with E-state index in [1.165, 1.54) is 6.07 Å². The molecule has 6 heteroatoms. The summed E-state index contributed by atoms with van der Waals surface area (Å²) in [6.45, 7) is -0.0128. The van der Waals surface area contributed by atoms with Crippen molar-refractivity contribution in [1.82, 2.24) is 0 Å². The second-order valence-corrected chi connectivity index (χ2v) is 5.87. The molecule has 2 rings (SSSR count). The van der Waals surface area contributed by atoms with Crippen molar-refractivity contribution in [3.63, 3.8) is 0 Å². The van der Waals surface area contributed by atoms with E-state index < -0.39 is 17.8 Å². The van der Waals surface area contributed by atoms with Gasteiger partial charge in [-0.25, -0.2) is 4.39 Å². The zero-order valence-electron chi connectivity index (χ0n) is 12.8. The zero-order chi connectivity index (χ0) is 17.4. The highest BCUT2D eigenvalue weighted by Crippen LogP contribution is 2.19. The van der Waals surface area contributed by atoms with Crippen LogP contribution in [0.2, 0.25) is 0 Å². The molecule has 0 saturated carbocycles. The third kappa shape index (κ3) is 5.77. The van der Waals surface area contributed by atoms with Crippen LogP contribution in [0.25, 0.3) is 0 Å². The number of halogens is 2. The normalized spacial score (nSPS) is 10.2. The molecule has 0 amide bonds. The zero-order valence-corrected chi connectivity index (χ0v) is 14.4. The molecule has 0 radical (unpaired) electrons. The van der Waals surface area contributed by atoms with Crippen LogP contribution >= 0.6 is 15.9 Å². The molecule has 24 heavy (non-hydrogen) atoms. The van der Waals surface area contributed by atoms with Gasteiger partial charge in [0.15, 0.2) is 0 Å². The third-order valence-corrected chi connectivity index (χ3v) is 3.81. The Morgan fingerprint density at radius 1 is 0.875 bits per heavy atom. The van der Waals surface area contributed by atoms with Crippen molar-refractivity contribution in [2.24, 2.45) is 0 Å². The number of rotatable bonds is 7. The standard InChI is InChI=1S/C18H16BrFO4/c19-15-8-4-7-14(18(15)20)12-24-17(22)10-9-16(21)23-11-13-5-2-1-3-6-13/h1-8H,9-12H2. The molecule has 0 aliphatic heterocycles. The number of carbonyl (C=O) groups excluding carboxylic acids is 2. The molecule has 0 aromatic heterocycles. The van der Waals surface area contributed by atoms with Crippen LogP contribution in [-0.2, 0) is 32.3 Å². The Kier molecular flexibility index (Phi) is 6.93. The highest BCUT2D eigenvalue weighted by molar-refractivity contribution is 9.10. The van der Waals surface area contributed by atoms with Crippen LogP contribution in [0.1, 0.15) is 24.0 Å². The van der Waals surface area contributed by atoms with E-state index in [0.717, 1.165) is 5.56 Å². The van der Waals surface area contributed by atoms with Gasteiger partial charge >= 0.3 is 11.9 Å². The highest BCUT2D eigenvalue weighted by Gasteiger charge is 2.12. The van der Waals surface area contributed by atoms with Gasteiger partial charge < -0.3 is 9.47 Å². The number of hydrogen-bond acceptors (Lipinski definition) is 4. The topological polar surface area (TPSA) is 52.6 Å². The molecule has 0 aliphatic rings. The smallest absolute Gasteiger partial charge is 0.306 e. The van der Waals surface area contributed by atoms with Crippen molar-refractivity contribution >= 4 is 27.9 Å². The van der Waals surface area contributed by atoms with Crippen molar-refractivity contribution in [3.8, 4) is 0 Å². The SMILES string of the molecule is O=C(CCC(=O)OCc1cccc(Br)c1F)OCc1ccccc1. The first kappa shape index (κ1) is 18.1. The number of esters is 2. The quantitative estimate of drug-likeness (QED) is 0.661. The summed E-state index contributed by atoms with van der Waals surface area (Å²) in [7, 11) is 0. The number of hydrogen-bond donors (Lipinski definition) is 0. The average molecular weight is 395 g/mol. The Labute approximate surface area is 147 Å². The predicted molar refractivity (Wildman–Crippen MR) is 89.4 cm³/mol. The Hall–Kier alpha value is -2.21. The number of ether oxygens (including phenoxy) is 2. The fourth-order valence-corrected chi connectivity index (χ4v) is 2.31. The Morgan fingerprint density at radius 2 is 1.50 bits per heavy atom. The van der Waals surface area contributed by atoms with E-state index in [4.69, 9.17) is 9.47 Å². The summed E-state index contributed by atoms with van der Waals surface area (Å²) in [5.74, 6) is -1.52. The van der Waals surface area contributed by atoms with Gasteiger partial charge in [0, 0.05) is 5.56 Å². The van der Waals surface area contributed by atoms with Crippen LogP contribution in [-0.4, -0.2) is 11.9 Å². The molecule has 0 aliphatic carbocycles. The van der Waals surface area contributed by atoms with Crippen LogP contribution in [0.5, 0.6) is 0 Å². The van der Waals surface area contributed by atoms with Gasteiger partial charge in [-0.3, -0.25) is 9.59 Å².